The van der Waals surface area contributed by atoms with Crippen LogP contribution in [0.4, 0.5) is 0 Å². The van der Waals surface area contributed by atoms with Crippen LogP contribution in [-0.2, 0) is 7.05 Å². The molecule has 0 aliphatic rings. The Labute approximate surface area is 179 Å². The minimum Gasteiger partial charge on any atom is -0.454 e. The van der Waals surface area contributed by atoms with Gasteiger partial charge in [-0.2, -0.15) is 5.26 Å². The predicted octanol–water partition coefficient (Wildman–Crippen LogP) is 6.23. The number of rotatable bonds is 2. The fourth-order valence-corrected chi connectivity index (χ4v) is 4.12. The fraction of sp³-hybridized carbons (Fsp3) is 0.111. The van der Waals surface area contributed by atoms with E-state index in [2.05, 4.69) is 35.8 Å². The molecule has 30 heavy (non-hydrogen) atoms. The van der Waals surface area contributed by atoms with Gasteiger partial charge in [-0.25, -0.2) is 4.57 Å². The predicted molar refractivity (Wildman–Crippen MR) is 120 cm³/mol. The molecule has 0 radical (unpaired) electrons. The van der Waals surface area contributed by atoms with Crippen LogP contribution in [0, 0.1) is 25.1 Å². The third-order valence-corrected chi connectivity index (χ3v) is 5.62. The Kier molecular flexibility index (Phi) is 3.43. The third kappa shape index (κ3) is 2.69. The highest BCUT2D eigenvalue weighted by atomic mass is 16.3. The highest BCUT2D eigenvalue weighted by Crippen LogP contribution is 2.41. The number of nitrogens with zero attached hydrogens (tertiary/aromatic N) is 2. The Morgan fingerprint density at radius 3 is 2.33 bits per heavy atom. The second-order valence-electron chi connectivity index (χ2n) is 7.49. The van der Waals surface area contributed by atoms with Gasteiger partial charge in [0, 0.05) is 32.6 Å². The molecular weight excluding hydrogens is 368 g/mol. The number of nitriles is 1. The summed E-state index contributed by atoms with van der Waals surface area (Å²) in [6.45, 7) is -0.121. The Hall–Kier alpha value is -3.90. The van der Waals surface area contributed by atoms with E-state index < -0.39 is 6.85 Å². The molecule has 3 aromatic carbocycles. The van der Waals surface area contributed by atoms with Gasteiger partial charge in [0.25, 0.3) is 0 Å². The zero-order valence-corrected chi connectivity index (χ0v) is 16.7. The van der Waals surface area contributed by atoms with E-state index in [1.807, 2.05) is 31.4 Å². The minimum absolute atomic E-state index is 0.260. The molecule has 144 valence electrons. The molecule has 5 aromatic rings. The Morgan fingerprint density at radius 2 is 1.63 bits per heavy atom. The number of pyridine rings is 1. The summed E-state index contributed by atoms with van der Waals surface area (Å²) < 4.78 is 31.5. The number of hydrogen-bond acceptors (Lipinski definition) is 2. The van der Waals surface area contributed by atoms with Crippen molar-refractivity contribution in [1.82, 2.24) is 0 Å². The van der Waals surface area contributed by atoms with Crippen LogP contribution in [-0.4, -0.2) is 0 Å². The van der Waals surface area contributed by atoms with Crippen LogP contribution in [0.5, 0.6) is 0 Å². The summed E-state index contributed by atoms with van der Waals surface area (Å²) in [5.41, 5.74) is 6.67. The molecule has 0 spiro atoms. The molecule has 0 saturated carbocycles. The van der Waals surface area contributed by atoms with Gasteiger partial charge in [-0.3, -0.25) is 0 Å². The first-order valence-corrected chi connectivity index (χ1v) is 9.74. The van der Waals surface area contributed by atoms with Gasteiger partial charge < -0.3 is 4.42 Å². The van der Waals surface area contributed by atoms with Crippen LogP contribution in [0.25, 0.3) is 44.3 Å². The first-order chi connectivity index (χ1) is 15.8. The molecule has 3 heteroatoms. The zero-order valence-electron chi connectivity index (χ0n) is 19.7. The van der Waals surface area contributed by atoms with Gasteiger partial charge in [-0.05, 0) is 43.1 Å². The van der Waals surface area contributed by atoms with Gasteiger partial charge in [-0.15, -0.1) is 0 Å². The van der Waals surface area contributed by atoms with E-state index in [4.69, 9.17) is 8.53 Å². The van der Waals surface area contributed by atoms with E-state index in [-0.39, 0.29) is 5.56 Å². The molecule has 5 rings (SSSR count). The van der Waals surface area contributed by atoms with Crippen LogP contribution in [0.3, 0.4) is 0 Å². The molecule has 0 bridgehead atoms. The molecule has 0 N–H and O–H groups in total. The van der Waals surface area contributed by atoms with Crippen molar-refractivity contribution >= 4 is 21.9 Å². The minimum atomic E-state index is -2.18. The van der Waals surface area contributed by atoms with Gasteiger partial charge in [0.05, 0.1) is 17.2 Å². The van der Waals surface area contributed by atoms with E-state index in [1.54, 1.807) is 30.3 Å². The lowest BCUT2D eigenvalue weighted by Crippen LogP contribution is -2.30. The number of fused-ring (bicyclic) bond motifs is 3. The van der Waals surface area contributed by atoms with Crippen molar-refractivity contribution in [2.45, 2.75) is 13.8 Å². The summed E-state index contributed by atoms with van der Waals surface area (Å²) >= 11 is 0. The van der Waals surface area contributed by atoms with Crippen molar-refractivity contribution in [2.24, 2.45) is 7.05 Å². The lowest BCUT2D eigenvalue weighted by atomic mass is 9.96. The summed E-state index contributed by atoms with van der Waals surface area (Å²) in [4.78, 5) is 0. The Bertz CT molecular complexity index is 1570. The monoisotopic (exact) mass is 392 g/mol. The molecule has 2 heterocycles. The van der Waals surface area contributed by atoms with Crippen LogP contribution in [0.15, 0.2) is 77.3 Å². The maximum atomic E-state index is 9.83. The van der Waals surface area contributed by atoms with E-state index >= 15 is 0 Å². The molecule has 0 aliphatic carbocycles. The van der Waals surface area contributed by atoms with Crippen molar-refractivity contribution in [3.63, 3.8) is 0 Å². The molecule has 0 saturated heterocycles. The normalized spacial score (nSPS) is 13.0. The van der Waals surface area contributed by atoms with Crippen LogP contribution >= 0.6 is 0 Å². The number of hydrogen-bond donors (Lipinski definition) is 0. The summed E-state index contributed by atoms with van der Waals surface area (Å²) in [6, 6.07) is 22.8. The molecule has 2 aromatic heterocycles. The summed E-state index contributed by atoms with van der Waals surface area (Å²) in [5, 5.41) is 11.7. The van der Waals surface area contributed by atoms with Crippen LogP contribution in [0.2, 0.25) is 0 Å². The quantitative estimate of drug-likeness (QED) is 0.334. The van der Waals surface area contributed by atoms with E-state index in [9.17, 15) is 5.26 Å². The second kappa shape index (κ2) is 6.86. The number of aryl methyl sites for hydroxylation is 3. The number of furan rings is 1. The lowest BCUT2D eigenvalue weighted by Gasteiger charge is -2.06. The van der Waals surface area contributed by atoms with Gasteiger partial charge in [0.2, 0.25) is 5.69 Å². The van der Waals surface area contributed by atoms with E-state index in [0.717, 1.165) is 38.7 Å². The summed E-state index contributed by atoms with van der Waals surface area (Å²) in [7, 11) is 2.00. The van der Waals surface area contributed by atoms with Crippen molar-refractivity contribution in [3.05, 3.63) is 89.6 Å². The van der Waals surface area contributed by atoms with Gasteiger partial charge in [0.1, 0.15) is 18.2 Å². The van der Waals surface area contributed by atoms with Crippen molar-refractivity contribution in [2.75, 3.05) is 0 Å². The van der Waals surface area contributed by atoms with Crippen molar-refractivity contribution in [1.29, 1.82) is 5.26 Å². The van der Waals surface area contributed by atoms with Gasteiger partial charge in [0.15, 0.2) is 6.20 Å². The van der Waals surface area contributed by atoms with Crippen molar-refractivity contribution < 1.29 is 13.1 Å². The molecule has 0 fully saturated rings. The molecular formula is C27H21N2O+. The standard InChI is InChI=1S/C27H21N2O/c1-17-7-10-19(11-8-17)25-20(16-28)12-14-22-21-13-9-18(2)24(26(21)30-27(22)25)23-6-4-5-15-29(23)3/h4-15H,1-3H3/q+1/i1D3. The zero-order chi connectivity index (χ0) is 23.3. The Morgan fingerprint density at radius 1 is 0.900 bits per heavy atom. The highest BCUT2D eigenvalue weighted by molar-refractivity contribution is 6.13. The fourth-order valence-electron chi connectivity index (χ4n) is 4.12. The average molecular weight is 392 g/mol. The van der Waals surface area contributed by atoms with Gasteiger partial charge >= 0.3 is 0 Å². The lowest BCUT2D eigenvalue weighted by molar-refractivity contribution is -0.660. The smallest absolute Gasteiger partial charge is 0.216 e. The maximum absolute atomic E-state index is 9.83. The molecule has 0 amide bonds. The van der Waals surface area contributed by atoms with Crippen molar-refractivity contribution in [3.8, 4) is 28.5 Å². The van der Waals surface area contributed by atoms with Crippen LogP contribution < -0.4 is 4.57 Å². The SMILES string of the molecule is [2H]C([2H])([2H])c1ccc(-c2c(C#N)ccc3c2oc2c(-c4cccc[n+]4C)c(C)ccc23)cc1. The average Bonchev–Trinajstić information content (AvgIpc) is 3.17. The maximum Gasteiger partial charge on any atom is 0.216 e. The molecule has 0 unspecified atom stereocenters. The first kappa shape index (κ1) is 15.0. The second-order valence-corrected chi connectivity index (χ2v) is 7.49. The molecule has 0 aliphatic heterocycles. The van der Waals surface area contributed by atoms with E-state index in [0.29, 0.717) is 16.7 Å². The number of benzene rings is 3. The third-order valence-electron chi connectivity index (χ3n) is 5.62. The summed E-state index contributed by atoms with van der Waals surface area (Å²) in [5.74, 6) is 0. The topological polar surface area (TPSA) is 40.8 Å². The summed E-state index contributed by atoms with van der Waals surface area (Å²) in [6.07, 6.45) is 2.00. The number of aromatic nitrogens is 1. The molecule has 3 nitrogen and oxygen atoms in total. The Balaban J connectivity index is 1.84. The molecule has 0 atom stereocenters. The largest absolute Gasteiger partial charge is 0.454 e. The van der Waals surface area contributed by atoms with Gasteiger partial charge in [-0.1, -0.05) is 42.0 Å². The first-order valence-electron chi connectivity index (χ1n) is 11.2. The van der Waals surface area contributed by atoms with E-state index in [1.165, 1.54) is 0 Å². The van der Waals surface area contributed by atoms with Crippen LogP contribution in [0.1, 0.15) is 20.8 Å². The highest BCUT2D eigenvalue weighted by Gasteiger charge is 2.22.